The van der Waals surface area contributed by atoms with Gasteiger partial charge in [0.15, 0.2) is 0 Å². The largest absolute Gasteiger partial charge is 0.356 e. The molecule has 1 amide bonds. The van der Waals surface area contributed by atoms with Crippen LogP contribution in [0.5, 0.6) is 0 Å². The van der Waals surface area contributed by atoms with E-state index in [0.29, 0.717) is 6.42 Å². The van der Waals surface area contributed by atoms with Gasteiger partial charge in [-0.05, 0) is 44.9 Å². The third kappa shape index (κ3) is 22.6. The van der Waals surface area contributed by atoms with Crippen LogP contribution in [0, 0.1) is 0 Å². The molecule has 0 fully saturated rings. The van der Waals surface area contributed by atoms with Gasteiger partial charge in [0.05, 0.1) is 0 Å². The first-order valence-electron chi connectivity index (χ1n) is 11.5. The number of hydrogen-bond acceptors (Lipinski definition) is 1. The summed E-state index contributed by atoms with van der Waals surface area (Å²) in [6.07, 6.45) is 30.9. The molecule has 0 saturated heterocycles. The van der Waals surface area contributed by atoms with E-state index in [1.165, 1.54) is 57.8 Å². The summed E-state index contributed by atoms with van der Waals surface area (Å²) in [6.45, 7) is 5.25. The van der Waals surface area contributed by atoms with Crippen molar-refractivity contribution in [1.29, 1.82) is 0 Å². The Kier molecular flexibility index (Phi) is 21.6. The topological polar surface area (TPSA) is 29.1 Å². The van der Waals surface area contributed by atoms with Crippen molar-refractivity contribution < 1.29 is 4.79 Å². The molecule has 1 N–H and O–H groups in total. The van der Waals surface area contributed by atoms with E-state index >= 15 is 0 Å². The Morgan fingerprint density at radius 2 is 1.26 bits per heavy atom. The molecule has 0 radical (unpaired) electrons. The van der Waals surface area contributed by atoms with Crippen molar-refractivity contribution in [2.75, 3.05) is 6.54 Å². The molecule has 0 bridgehead atoms. The van der Waals surface area contributed by atoms with Crippen LogP contribution in [0.15, 0.2) is 36.5 Å². The molecule has 156 valence electrons. The van der Waals surface area contributed by atoms with E-state index < -0.39 is 0 Å². The Morgan fingerprint density at radius 3 is 2.00 bits per heavy atom. The van der Waals surface area contributed by atoms with Crippen LogP contribution in [0.4, 0.5) is 0 Å². The van der Waals surface area contributed by atoms with E-state index in [1.807, 2.05) is 0 Å². The summed E-state index contributed by atoms with van der Waals surface area (Å²) in [7, 11) is 0. The third-order valence-electron chi connectivity index (χ3n) is 4.66. The second-order valence-corrected chi connectivity index (χ2v) is 7.36. The van der Waals surface area contributed by atoms with E-state index in [1.54, 1.807) is 0 Å². The van der Waals surface area contributed by atoms with Gasteiger partial charge in [-0.3, -0.25) is 4.79 Å². The first-order chi connectivity index (χ1) is 13.3. The van der Waals surface area contributed by atoms with Gasteiger partial charge in [0.2, 0.25) is 5.91 Å². The Morgan fingerprint density at radius 1 is 0.667 bits per heavy atom. The van der Waals surface area contributed by atoms with Crippen LogP contribution in [0.1, 0.15) is 110 Å². The molecule has 0 spiro atoms. The molecule has 0 aliphatic carbocycles. The van der Waals surface area contributed by atoms with Gasteiger partial charge >= 0.3 is 0 Å². The number of allylic oxidation sites excluding steroid dienone is 6. The lowest BCUT2D eigenvalue weighted by molar-refractivity contribution is -0.121. The molecule has 0 heterocycles. The Bertz CT molecular complexity index is 395. The molecule has 0 aliphatic heterocycles. The van der Waals surface area contributed by atoms with Crippen molar-refractivity contribution in [3.05, 3.63) is 36.5 Å². The van der Waals surface area contributed by atoms with Crippen LogP contribution >= 0.6 is 0 Å². The maximum absolute atomic E-state index is 11.7. The smallest absolute Gasteiger partial charge is 0.219 e. The summed E-state index contributed by atoms with van der Waals surface area (Å²) < 4.78 is 0. The minimum absolute atomic E-state index is 0.242. The zero-order valence-corrected chi connectivity index (χ0v) is 18.2. The fourth-order valence-electron chi connectivity index (χ4n) is 2.95. The highest BCUT2D eigenvalue weighted by molar-refractivity contribution is 5.75. The van der Waals surface area contributed by atoms with Gasteiger partial charge in [-0.1, -0.05) is 95.2 Å². The lowest BCUT2D eigenvalue weighted by Gasteiger charge is -2.05. The fraction of sp³-hybridized carbons (Fsp3) is 0.720. The van der Waals surface area contributed by atoms with Gasteiger partial charge in [-0.2, -0.15) is 0 Å². The van der Waals surface area contributed by atoms with Crippen LogP contribution < -0.4 is 5.32 Å². The Balaban J connectivity index is 3.28. The van der Waals surface area contributed by atoms with E-state index in [0.717, 1.165) is 38.6 Å². The Labute approximate surface area is 169 Å². The molecule has 0 rings (SSSR count). The second-order valence-electron chi connectivity index (χ2n) is 7.36. The summed E-state index contributed by atoms with van der Waals surface area (Å²) in [5, 5.41) is 3.05. The zero-order valence-electron chi connectivity index (χ0n) is 18.2. The van der Waals surface area contributed by atoms with E-state index in [9.17, 15) is 4.79 Å². The average molecular weight is 376 g/mol. The number of carbonyl (C=O) groups excluding carboxylic acids is 1. The number of hydrogen-bond donors (Lipinski definition) is 1. The molecule has 0 aromatic rings. The van der Waals surface area contributed by atoms with Crippen LogP contribution in [0.2, 0.25) is 0 Å². The first-order valence-corrected chi connectivity index (χ1v) is 11.5. The predicted octanol–water partition coefficient (Wildman–Crippen LogP) is 7.66. The van der Waals surface area contributed by atoms with Crippen LogP contribution in [-0.2, 0) is 4.79 Å². The Hall–Kier alpha value is -1.31. The lowest BCUT2D eigenvalue weighted by atomic mass is 10.1. The van der Waals surface area contributed by atoms with Gasteiger partial charge in [-0.15, -0.1) is 0 Å². The molecular weight excluding hydrogens is 330 g/mol. The molecule has 0 saturated carbocycles. The summed E-state index contributed by atoms with van der Waals surface area (Å²) >= 11 is 0. The summed E-state index contributed by atoms with van der Waals surface area (Å²) in [4.78, 5) is 11.7. The van der Waals surface area contributed by atoms with Crippen LogP contribution in [0.25, 0.3) is 0 Å². The van der Waals surface area contributed by atoms with E-state index in [4.69, 9.17) is 0 Å². The SMILES string of the molecule is CC/C=C\C/C=C\C/C=C\CCCCCCCC(=O)NCCCCCCC. The molecule has 2 heteroatoms. The fourth-order valence-corrected chi connectivity index (χ4v) is 2.95. The van der Waals surface area contributed by atoms with Crippen molar-refractivity contribution in [3.63, 3.8) is 0 Å². The third-order valence-corrected chi connectivity index (χ3v) is 4.66. The monoisotopic (exact) mass is 375 g/mol. The number of nitrogens with one attached hydrogen (secondary N) is 1. The molecule has 27 heavy (non-hydrogen) atoms. The van der Waals surface area contributed by atoms with Gasteiger partial charge in [0.25, 0.3) is 0 Å². The summed E-state index contributed by atoms with van der Waals surface area (Å²) in [5.74, 6) is 0.242. The highest BCUT2D eigenvalue weighted by Crippen LogP contribution is 2.08. The molecule has 0 aromatic carbocycles. The summed E-state index contributed by atoms with van der Waals surface area (Å²) in [5.41, 5.74) is 0. The highest BCUT2D eigenvalue weighted by Gasteiger charge is 2.00. The number of unbranched alkanes of at least 4 members (excludes halogenated alkanes) is 9. The van der Waals surface area contributed by atoms with Crippen molar-refractivity contribution in [2.24, 2.45) is 0 Å². The van der Waals surface area contributed by atoms with Crippen molar-refractivity contribution >= 4 is 5.91 Å². The minimum atomic E-state index is 0.242. The van der Waals surface area contributed by atoms with Gasteiger partial charge < -0.3 is 5.32 Å². The van der Waals surface area contributed by atoms with Crippen molar-refractivity contribution in [2.45, 2.75) is 110 Å². The van der Waals surface area contributed by atoms with Gasteiger partial charge in [-0.25, -0.2) is 0 Å². The minimum Gasteiger partial charge on any atom is -0.356 e. The van der Waals surface area contributed by atoms with Crippen molar-refractivity contribution in [1.82, 2.24) is 5.32 Å². The van der Waals surface area contributed by atoms with Gasteiger partial charge in [0, 0.05) is 13.0 Å². The standard InChI is InChI=1S/C25H45NO/c1-3-5-7-9-10-11-12-13-14-15-16-17-18-19-21-23-25(27)26-24-22-20-8-6-4-2/h5,7,10-11,13-14H,3-4,6,8-9,12,15-24H2,1-2H3,(H,26,27)/b7-5-,11-10-,14-13-. The van der Waals surface area contributed by atoms with Crippen LogP contribution in [-0.4, -0.2) is 12.5 Å². The molecule has 0 aromatic heterocycles. The molecule has 0 atom stereocenters. The number of amides is 1. The highest BCUT2D eigenvalue weighted by atomic mass is 16.1. The molecular formula is C25H45NO. The van der Waals surface area contributed by atoms with Crippen molar-refractivity contribution in [3.8, 4) is 0 Å². The van der Waals surface area contributed by atoms with E-state index in [-0.39, 0.29) is 5.91 Å². The maximum atomic E-state index is 11.7. The maximum Gasteiger partial charge on any atom is 0.219 e. The summed E-state index contributed by atoms with van der Waals surface area (Å²) in [6, 6.07) is 0. The second kappa shape index (κ2) is 22.7. The average Bonchev–Trinajstić information content (AvgIpc) is 2.67. The quantitative estimate of drug-likeness (QED) is 0.182. The number of carbonyl (C=O) groups is 1. The molecule has 0 aliphatic rings. The normalized spacial score (nSPS) is 11.9. The zero-order chi connectivity index (χ0) is 19.8. The van der Waals surface area contributed by atoms with E-state index in [2.05, 4.69) is 55.6 Å². The van der Waals surface area contributed by atoms with Gasteiger partial charge in [0.1, 0.15) is 0 Å². The first kappa shape index (κ1) is 25.7. The lowest BCUT2D eigenvalue weighted by Crippen LogP contribution is -2.23. The molecule has 0 unspecified atom stereocenters. The predicted molar refractivity (Wildman–Crippen MR) is 121 cm³/mol. The van der Waals surface area contributed by atoms with Crippen LogP contribution in [0.3, 0.4) is 0 Å². The number of rotatable bonds is 19. The molecule has 2 nitrogen and oxygen atoms in total.